The predicted octanol–water partition coefficient (Wildman–Crippen LogP) is 3.55. The van der Waals surface area contributed by atoms with Crippen LogP contribution in [0.2, 0.25) is 0 Å². The molecule has 18 heavy (non-hydrogen) atoms. The van der Waals surface area contributed by atoms with Gasteiger partial charge in [0.2, 0.25) is 0 Å². The molecule has 0 aliphatic carbocycles. The summed E-state index contributed by atoms with van der Waals surface area (Å²) in [6.07, 6.45) is 0. The van der Waals surface area contributed by atoms with Crippen LogP contribution in [-0.4, -0.2) is 12.1 Å². The van der Waals surface area contributed by atoms with Crippen molar-refractivity contribution in [2.45, 2.75) is 0 Å². The van der Waals surface area contributed by atoms with Crippen molar-refractivity contribution in [3.63, 3.8) is 0 Å². The van der Waals surface area contributed by atoms with Gasteiger partial charge in [0.15, 0.2) is 0 Å². The first kappa shape index (κ1) is 11.0. The molecule has 4 heteroatoms. The molecule has 0 radical (unpaired) electrons. The van der Waals surface area contributed by atoms with Crippen LogP contribution >= 0.6 is 11.3 Å². The fourth-order valence-electron chi connectivity index (χ4n) is 1.82. The molecule has 0 aliphatic heterocycles. The van der Waals surface area contributed by atoms with Crippen LogP contribution in [0.25, 0.3) is 20.8 Å². The van der Waals surface area contributed by atoms with Crippen molar-refractivity contribution in [2.24, 2.45) is 0 Å². The van der Waals surface area contributed by atoms with Gasteiger partial charge in [0, 0.05) is 11.3 Å². The van der Waals surface area contributed by atoms with Crippen LogP contribution < -0.4 is 10.5 Å². The monoisotopic (exact) mass is 256 g/mol. The second-order valence-electron chi connectivity index (χ2n) is 3.98. The molecule has 0 unspecified atom stereocenters. The molecular weight excluding hydrogens is 244 g/mol. The van der Waals surface area contributed by atoms with Gasteiger partial charge < -0.3 is 10.5 Å². The maximum atomic E-state index is 5.78. The molecule has 90 valence electrons. The minimum absolute atomic E-state index is 0.767. The fraction of sp³-hybridized carbons (Fsp3) is 0.0714. The molecule has 3 aromatic rings. The smallest absolute Gasteiger partial charge is 0.124 e. The number of nitrogens with zero attached hydrogens (tertiary/aromatic N) is 1. The number of ether oxygens (including phenoxy) is 1. The van der Waals surface area contributed by atoms with Crippen molar-refractivity contribution in [1.29, 1.82) is 0 Å². The van der Waals surface area contributed by atoms with E-state index in [1.165, 1.54) is 0 Å². The van der Waals surface area contributed by atoms with Crippen molar-refractivity contribution >= 4 is 27.2 Å². The normalized spacial score (nSPS) is 10.7. The first-order valence-electron chi connectivity index (χ1n) is 5.57. The zero-order chi connectivity index (χ0) is 12.5. The Kier molecular flexibility index (Phi) is 2.64. The number of aromatic nitrogens is 1. The van der Waals surface area contributed by atoms with Crippen molar-refractivity contribution < 1.29 is 4.74 Å². The lowest BCUT2D eigenvalue weighted by Gasteiger charge is -2.00. The Hall–Kier alpha value is -2.07. The Morgan fingerprint density at radius 3 is 2.89 bits per heavy atom. The minimum Gasteiger partial charge on any atom is -0.497 e. The largest absolute Gasteiger partial charge is 0.497 e. The molecule has 2 N–H and O–H groups in total. The second-order valence-corrected chi connectivity index (χ2v) is 5.01. The number of methoxy groups -OCH3 is 1. The predicted molar refractivity (Wildman–Crippen MR) is 76.0 cm³/mol. The molecule has 2 aromatic carbocycles. The molecular formula is C14H12N2OS. The molecule has 0 saturated carbocycles. The lowest BCUT2D eigenvalue weighted by atomic mass is 10.2. The van der Waals surface area contributed by atoms with Crippen molar-refractivity contribution in [1.82, 2.24) is 4.98 Å². The van der Waals surface area contributed by atoms with E-state index in [-0.39, 0.29) is 0 Å². The number of hydrogen-bond donors (Lipinski definition) is 1. The SMILES string of the molecule is COc1cccc(-c2nc3ccc(N)cc3s2)c1. The third-order valence-corrected chi connectivity index (χ3v) is 3.80. The van der Waals surface area contributed by atoms with Crippen LogP contribution in [0, 0.1) is 0 Å². The molecule has 1 aromatic heterocycles. The van der Waals surface area contributed by atoms with Gasteiger partial charge in [-0.05, 0) is 30.3 Å². The molecule has 0 fully saturated rings. The van der Waals surface area contributed by atoms with Crippen LogP contribution in [0.1, 0.15) is 0 Å². The number of benzene rings is 2. The van der Waals surface area contributed by atoms with Crippen LogP contribution in [0.3, 0.4) is 0 Å². The molecule has 0 atom stereocenters. The first-order valence-corrected chi connectivity index (χ1v) is 6.38. The Labute approximate surface area is 109 Å². The van der Waals surface area contributed by atoms with E-state index in [0.29, 0.717) is 0 Å². The standard InChI is InChI=1S/C14H12N2OS/c1-17-11-4-2-3-9(7-11)14-16-12-6-5-10(15)8-13(12)18-14/h2-8H,15H2,1H3. The molecule has 3 nitrogen and oxygen atoms in total. The topological polar surface area (TPSA) is 48.1 Å². The number of rotatable bonds is 2. The number of hydrogen-bond acceptors (Lipinski definition) is 4. The maximum Gasteiger partial charge on any atom is 0.124 e. The number of anilines is 1. The Morgan fingerprint density at radius 1 is 1.17 bits per heavy atom. The number of nitrogens with two attached hydrogens (primary N) is 1. The van der Waals surface area contributed by atoms with Crippen molar-refractivity contribution in [3.8, 4) is 16.3 Å². The van der Waals surface area contributed by atoms with Gasteiger partial charge >= 0.3 is 0 Å². The lowest BCUT2D eigenvalue weighted by Crippen LogP contribution is -1.83. The summed E-state index contributed by atoms with van der Waals surface area (Å²) in [7, 11) is 1.66. The highest BCUT2D eigenvalue weighted by molar-refractivity contribution is 7.21. The Bertz CT molecular complexity index is 706. The molecule has 0 saturated heterocycles. The quantitative estimate of drug-likeness (QED) is 0.713. The van der Waals surface area contributed by atoms with E-state index in [0.717, 1.165) is 32.2 Å². The van der Waals surface area contributed by atoms with E-state index in [2.05, 4.69) is 4.98 Å². The van der Waals surface area contributed by atoms with E-state index >= 15 is 0 Å². The highest BCUT2D eigenvalue weighted by Crippen LogP contribution is 2.32. The third kappa shape index (κ3) is 1.91. The van der Waals surface area contributed by atoms with Crippen LogP contribution in [-0.2, 0) is 0 Å². The summed E-state index contributed by atoms with van der Waals surface area (Å²) in [5.41, 5.74) is 8.59. The zero-order valence-electron chi connectivity index (χ0n) is 9.88. The average molecular weight is 256 g/mol. The van der Waals surface area contributed by atoms with E-state index in [9.17, 15) is 0 Å². The highest BCUT2D eigenvalue weighted by atomic mass is 32.1. The van der Waals surface area contributed by atoms with Gasteiger partial charge in [0.25, 0.3) is 0 Å². The molecule has 0 aliphatic rings. The summed E-state index contributed by atoms with van der Waals surface area (Å²) in [6, 6.07) is 13.7. The third-order valence-electron chi connectivity index (χ3n) is 2.73. The minimum atomic E-state index is 0.767. The number of nitrogen functional groups attached to an aromatic ring is 1. The molecule has 1 heterocycles. The summed E-state index contributed by atoms with van der Waals surface area (Å²) in [4.78, 5) is 4.61. The fourth-order valence-corrected chi connectivity index (χ4v) is 2.83. The second kappa shape index (κ2) is 4.31. The molecule has 0 amide bonds. The van der Waals surface area contributed by atoms with Gasteiger partial charge in [-0.2, -0.15) is 0 Å². The Morgan fingerprint density at radius 2 is 2.06 bits per heavy atom. The number of fused-ring (bicyclic) bond motifs is 1. The van der Waals surface area contributed by atoms with Gasteiger partial charge in [-0.15, -0.1) is 11.3 Å². The van der Waals surface area contributed by atoms with Gasteiger partial charge in [-0.25, -0.2) is 4.98 Å². The van der Waals surface area contributed by atoms with Gasteiger partial charge in [-0.3, -0.25) is 0 Å². The summed E-state index contributed by atoms with van der Waals surface area (Å²) < 4.78 is 6.33. The first-order chi connectivity index (χ1) is 8.76. The highest BCUT2D eigenvalue weighted by Gasteiger charge is 2.07. The van der Waals surface area contributed by atoms with E-state index in [1.807, 2.05) is 42.5 Å². The maximum absolute atomic E-state index is 5.78. The van der Waals surface area contributed by atoms with Gasteiger partial charge in [0.05, 0.1) is 17.3 Å². The van der Waals surface area contributed by atoms with E-state index < -0.39 is 0 Å². The summed E-state index contributed by atoms with van der Waals surface area (Å²) in [5, 5.41) is 0.981. The van der Waals surface area contributed by atoms with Crippen LogP contribution in [0.15, 0.2) is 42.5 Å². The lowest BCUT2D eigenvalue weighted by molar-refractivity contribution is 0.415. The van der Waals surface area contributed by atoms with Gasteiger partial charge in [-0.1, -0.05) is 12.1 Å². The molecule has 3 rings (SSSR count). The van der Waals surface area contributed by atoms with Crippen LogP contribution in [0.4, 0.5) is 5.69 Å². The van der Waals surface area contributed by atoms with Crippen molar-refractivity contribution in [2.75, 3.05) is 12.8 Å². The summed E-state index contributed by atoms with van der Waals surface area (Å²) >= 11 is 1.64. The van der Waals surface area contributed by atoms with Gasteiger partial charge in [0.1, 0.15) is 10.8 Å². The molecule has 0 spiro atoms. The molecule has 0 bridgehead atoms. The zero-order valence-corrected chi connectivity index (χ0v) is 10.7. The number of thiazole rings is 1. The summed E-state index contributed by atoms with van der Waals surface area (Å²) in [5.74, 6) is 0.839. The van der Waals surface area contributed by atoms with Crippen molar-refractivity contribution in [3.05, 3.63) is 42.5 Å². The Balaban J connectivity index is 2.13. The van der Waals surface area contributed by atoms with E-state index in [1.54, 1.807) is 18.4 Å². The average Bonchev–Trinajstić information content (AvgIpc) is 2.81. The van der Waals surface area contributed by atoms with Crippen LogP contribution in [0.5, 0.6) is 5.75 Å². The van der Waals surface area contributed by atoms with E-state index in [4.69, 9.17) is 10.5 Å². The summed E-state index contributed by atoms with van der Waals surface area (Å²) in [6.45, 7) is 0.